The molecule has 0 aromatic rings. The van der Waals surface area contributed by atoms with Crippen LogP contribution in [0, 0.1) is 0 Å². The van der Waals surface area contributed by atoms with Gasteiger partial charge in [-0.3, -0.25) is 5.73 Å². The number of carbonyl (C=O) groups is 1. The second-order valence-corrected chi connectivity index (χ2v) is 4.62. The van der Waals surface area contributed by atoms with Gasteiger partial charge in [0.2, 0.25) is 0 Å². The molecule has 4 nitrogen and oxygen atoms in total. The monoisotopic (exact) mass is 206 g/mol. The maximum Gasteiger partial charge on any atom is 0.199 e. The molecule has 0 spiro atoms. The number of halogens is 1. The summed E-state index contributed by atoms with van der Waals surface area (Å²) in [4.78, 5) is 10.2. The van der Waals surface area contributed by atoms with Gasteiger partial charge >= 0.3 is 0 Å². The van der Waals surface area contributed by atoms with Gasteiger partial charge in [0.05, 0.1) is 33.7 Å². The number of aliphatic carboxylic acids is 1. The highest BCUT2D eigenvalue weighted by Crippen LogP contribution is 2.12. The largest absolute Gasteiger partial charge is 0.545 e. The van der Waals surface area contributed by atoms with Gasteiger partial charge in [-0.2, -0.15) is 0 Å². The molecule has 0 rings (SSSR count). The van der Waals surface area contributed by atoms with Crippen molar-refractivity contribution < 1.29 is 18.8 Å². The molecule has 5 heteroatoms. The van der Waals surface area contributed by atoms with Crippen LogP contribution in [0.5, 0.6) is 0 Å². The first-order valence-electron chi connectivity index (χ1n) is 4.65. The molecule has 1 atom stereocenters. The number of nitrogens with zero attached hydrogens (tertiary/aromatic N) is 1. The molecule has 0 amide bonds. The number of carboxylic acids is 1. The zero-order chi connectivity index (χ0) is 11.4. The fourth-order valence-electron chi connectivity index (χ4n) is 1.07. The second-order valence-electron chi connectivity index (χ2n) is 4.62. The summed E-state index contributed by atoms with van der Waals surface area (Å²) in [6.07, 6.45) is 1.02. The van der Waals surface area contributed by atoms with E-state index in [0.29, 0.717) is 6.42 Å². The summed E-state index contributed by atoms with van der Waals surface area (Å²) in [5, 5.41) is 10.2. The molecular formula is C9H19FN2O2. The van der Waals surface area contributed by atoms with E-state index in [0.717, 1.165) is 17.4 Å². The third kappa shape index (κ3) is 5.88. The number of hydrogen-bond donors (Lipinski definition) is 1. The van der Waals surface area contributed by atoms with Crippen LogP contribution in [0.4, 0.5) is 4.39 Å². The van der Waals surface area contributed by atoms with Gasteiger partial charge in [-0.25, -0.2) is 4.39 Å². The molecule has 0 aliphatic heterocycles. The quantitative estimate of drug-likeness (QED) is 0.353. The van der Waals surface area contributed by atoms with Crippen LogP contribution in [0.15, 0.2) is 0 Å². The van der Waals surface area contributed by atoms with Crippen LogP contribution in [0.2, 0.25) is 0 Å². The Labute approximate surface area is 84.1 Å². The van der Waals surface area contributed by atoms with E-state index in [2.05, 4.69) is 0 Å². The molecule has 0 heterocycles. The number of quaternary nitrogens is 1. The van der Waals surface area contributed by atoms with Crippen molar-refractivity contribution in [2.24, 2.45) is 5.73 Å². The van der Waals surface area contributed by atoms with Gasteiger partial charge in [-0.1, -0.05) is 0 Å². The average Bonchev–Trinajstić information content (AvgIpc) is 1.96. The highest BCUT2D eigenvalue weighted by Gasteiger charge is 2.25. The maximum atomic E-state index is 12.9. The molecular weight excluding hydrogens is 187 g/mol. The molecule has 0 unspecified atom stereocenters. The Morgan fingerprint density at radius 2 is 1.93 bits per heavy atom. The van der Waals surface area contributed by atoms with E-state index < -0.39 is 11.8 Å². The Bertz CT molecular complexity index is 199. The topological polar surface area (TPSA) is 66.2 Å². The van der Waals surface area contributed by atoms with E-state index in [9.17, 15) is 14.3 Å². The lowest BCUT2D eigenvalue weighted by atomic mass is 10.1. The first-order valence-corrected chi connectivity index (χ1v) is 4.65. The van der Waals surface area contributed by atoms with E-state index in [-0.39, 0.29) is 6.42 Å². The van der Waals surface area contributed by atoms with Crippen LogP contribution < -0.4 is 10.8 Å². The Hall–Kier alpha value is -0.680. The summed E-state index contributed by atoms with van der Waals surface area (Å²) < 4.78 is 13.7. The molecule has 84 valence electrons. The standard InChI is InChI=1S/C9H19FN2O2/c1-12(2,3)7-5-4-6-9(10,11)8(13)14/h4-7,11H2,1-3H3/t9-/m0/s1. The smallest absolute Gasteiger partial charge is 0.199 e. The third-order valence-corrected chi connectivity index (χ3v) is 1.96. The van der Waals surface area contributed by atoms with Crippen molar-refractivity contribution in [3.05, 3.63) is 0 Å². The zero-order valence-electron chi connectivity index (χ0n) is 9.05. The number of alkyl halides is 1. The highest BCUT2D eigenvalue weighted by molar-refractivity contribution is 5.73. The summed E-state index contributed by atoms with van der Waals surface area (Å²) in [5.41, 5.74) is 4.88. The molecule has 0 aromatic heterocycles. The van der Waals surface area contributed by atoms with E-state index in [4.69, 9.17) is 5.73 Å². The van der Waals surface area contributed by atoms with Gasteiger partial charge in [0.15, 0.2) is 5.79 Å². The molecule has 0 radical (unpaired) electrons. The summed E-state index contributed by atoms with van der Waals surface area (Å²) in [6.45, 7) is 0.864. The van der Waals surface area contributed by atoms with Gasteiger partial charge < -0.3 is 14.4 Å². The van der Waals surface area contributed by atoms with Gasteiger partial charge in [0.1, 0.15) is 0 Å². The van der Waals surface area contributed by atoms with E-state index in [1.54, 1.807) is 0 Å². The van der Waals surface area contributed by atoms with Crippen LogP contribution in [-0.4, -0.2) is 43.9 Å². The van der Waals surface area contributed by atoms with Gasteiger partial charge in [-0.15, -0.1) is 0 Å². The Balaban J connectivity index is 3.70. The molecule has 0 saturated heterocycles. The lowest BCUT2D eigenvalue weighted by molar-refractivity contribution is -0.870. The van der Waals surface area contributed by atoms with Crippen LogP contribution >= 0.6 is 0 Å². The number of carbonyl (C=O) groups excluding carboxylic acids is 1. The molecule has 0 bridgehead atoms. The predicted octanol–water partition coefficient (Wildman–Crippen LogP) is -0.763. The maximum absolute atomic E-state index is 12.9. The van der Waals surface area contributed by atoms with Gasteiger partial charge in [0.25, 0.3) is 0 Å². The Kier molecular flexibility index (Phi) is 4.48. The fourth-order valence-corrected chi connectivity index (χ4v) is 1.07. The molecule has 0 saturated carbocycles. The summed E-state index contributed by atoms with van der Waals surface area (Å²) in [5.74, 6) is -4.51. The van der Waals surface area contributed by atoms with E-state index >= 15 is 0 Å². The zero-order valence-corrected chi connectivity index (χ0v) is 9.05. The van der Waals surface area contributed by atoms with Crippen LogP contribution in [0.25, 0.3) is 0 Å². The number of hydrogen-bond acceptors (Lipinski definition) is 3. The van der Waals surface area contributed by atoms with E-state index in [1.165, 1.54) is 0 Å². The normalized spacial score (nSPS) is 16.4. The van der Waals surface area contributed by atoms with Crippen molar-refractivity contribution in [1.82, 2.24) is 0 Å². The molecule has 0 aromatic carbocycles. The summed E-state index contributed by atoms with van der Waals surface area (Å²) in [7, 11) is 6.05. The Morgan fingerprint density at radius 1 is 1.43 bits per heavy atom. The molecule has 14 heavy (non-hydrogen) atoms. The molecule has 0 aliphatic rings. The highest BCUT2D eigenvalue weighted by atomic mass is 19.1. The van der Waals surface area contributed by atoms with Crippen LogP contribution in [-0.2, 0) is 4.79 Å². The SMILES string of the molecule is C[N+](C)(C)CCCC[C@@](N)(F)C(=O)[O-]. The summed E-state index contributed by atoms with van der Waals surface area (Å²) in [6, 6.07) is 0. The average molecular weight is 206 g/mol. The number of unbranched alkanes of at least 4 members (excludes halogenated alkanes) is 1. The predicted molar refractivity (Wildman–Crippen MR) is 49.8 cm³/mol. The van der Waals surface area contributed by atoms with Gasteiger partial charge in [0, 0.05) is 6.42 Å². The molecule has 2 N–H and O–H groups in total. The minimum absolute atomic E-state index is 0.185. The number of rotatable bonds is 6. The Morgan fingerprint density at radius 3 is 2.29 bits per heavy atom. The molecule has 0 aliphatic carbocycles. The fraction of sp³-hybridized carbons (Fsp3) is 0.889. The van der Waals surface area contributed by atoms with Gasteiger partial charge in [-0.05, 0) is 12.8 Å². The molecule has 0 fully saturated rings. The van der Waals surface area contributed by atoms with Crippen molar-refractivity contribution in [2.75, 3.05) is 27.7 Å². The minimum atomic E-state index is -2.68. The number of nitrogens with two attached hydrogens (primary N) is 1. The van der Waals surface area contributed by atoms with Crippen molar-refractivity contribution in [1.29, 1.82) is 0 Å². The lowest BCUT2D eigenvalue weighted by Gasteiger charge is -2.25. The van der Waals surface area contributed by atoms with E-state index in [1.807, 2.05) is 21.1 Å². The van der Waals surface area contributed by atoms with Crippen molar-refractivity contribution >= 4 is 5.97 Å². The minimum Gasteiger partial charge on any atom is -0.545 e. The van der Waals surface area contributed by atoms with Crippen LogP contribution in [0.1, 0.15) is 19.3 Å². The van der Waals surface area contributed by atoms with Crippen molar-refractivity contribution in [2.45, 2.75) is 25.1 Å². The van der Waals surface area contributed by atoms with Crippen molar-refractivity contribution in [3.63, 3.8) is 0 Å². The number of carboxylic acid groups (broad SMARTS) is 1. The third-order valence-electron chi connectivity index (χ3n) is 1.96. The first-order chi connectivity index (χ1) is 6.15. The van der Waals surface area contributed by atoms with Crippen molar-refractivity contribution in [3.8, 4) is 0 Å². The lowest BCUT2D eigenvalue weighted by Crippen LogP contribution is -2.51. The second kappa shape index (κ2) is 4.70. The first kappa shape index (κ1) is 13.3. The summed E-state index contributed by atoms with van der Waals surface area (Å²) >= 11 is 0. The van der Waals surface area contributed by atoms with Crippen LogP contribution in [0.3, 0.4) is 0 Å².